The van der Waals surface area contributed by atoms with Crippen molar-refractivity contribution in [3.63, 3.8) is 0 Å². The van der Waals surface area contributed by atoms with Crippen molar-refractivity contribution in [2.75, 3.05) is 0 Å². The quantitative estimate of drug-likeness (QED) is 0.759. The molecule has 0 fully saturated rings. The van der Waals surface area contributed by atoms with Crippen molar-refractivity contribution in [2.45, 2.75) is 56.0 Å². The molecule has 1 aromatic carbocycles. The first-order valence-electron chi connectivity index (χ1n) is 6.49. The molecule has 1 atom stereocenters. The van der Waals surface area contributed by atoms with Crippen LogP contribution in [0.1, 0.15) is 44.2 Å². The predicted molar refractivity (Wildman–Crippen MR) is 74.2 cm³/mol. The van der Waals surface area contributed by atoms with Crippen LogP contribution in [0.15, 0.2) is 23.1 Å². The zero-order chi connectivity index (χ0) is 14.5. The van der Waals surface area contributed by atoms with E-state index in [1.54, 1.807) is 6.07 Å². The minimum Gasteiger partial charge on any atom is -0.326 e. The van der Waals surface area contributed by atoms with Gasteiger partial charge in [0.05, 0.1) is 5.56 Å². The molecule has 0 heterocycles. The Kier molecular flexibility index (Phi) is 6.20. The van der Waals surface area contributed by atoms with E-state index in [2.05, 4.69) is 13.8 Å². The van der Waals surface area contributed by atoms with Crippen LogP contribution in [0.2, 0.25) is 0 Å². The molecule has 0 amide bonds. The number of hydrogen-bond acceptors (Lipinski definition) is 2. The predicted octanol–water partition coefficient (Wildman–Crippen LogP) is 4.83. The van der Waals surface area contributed by atoms with E-state index in [4.69, 9.17) is 5.73 Å². The summed E-state index contributed by atoms with van der Waals surface area (Å²) >= 11 is 1.52. The van der Waals surface area contributed by atoms with Gasteiger partial charge in [0.25, 0.3) is 0 Å². The molecule has 19 heavy (non-hydrogen) atoms. The summed E-state index contributed by atoms with van der Waals surface area (Å²) in [5.74, 6) is 0. The highest BCUT2D eigenvalue weighted by Gasteiger charge is 2.33. The lowest BCUT2D eigenvalue weighted by atomic mass is 10.1. The van der Waals surface area contributed by atoms with Gasteiger partial charge in [-0.25, -0.2) is 0 Å². The Hall–Kier alpha value is -0.680. The topological polar surface area (TPSA) is 26.0 Å². The van der Waals surface area contributed by atoms with Crippen molar-refractivity contribution >= 4 is 11.8 Å². The second kappa shape index (κ2) is 7.20. The average molecular weight is 291 g/mol. The summed E-state index contributed by atoms with van der Waals surface area (Å²) in [5, 5.41) is 0.370. The van der Waals surface area contributed by atoms with Crippen molar-refractivity contribution in [2.24, 2.45) is 5.73 Å². The number of hydrogen-bond donors (Lipinski definition) is 1. The second-order valence-electron chi connectivity index (χ2n) is 4.46. The van der Waals surface area contributed by atoms with Gasteiger partial charge in [0, 0.05) is 16.7 Å². The fraction of sp³-hybridized carbons (Fsp3) is 0.571. The van der Waals surface area contributed by atoms with Crippen molar-refractivity contribution < 1.29 is 13.2 Å². The van der Waals surface area contributed by atoms with Crippen molar-refractivity contribution in [3.8, 4) is 0 Å². The second-order valence-corrected chi connectivity index (χ2v) is 5.83. The molecule has 1 unspecified atom stereocenters. The molecule has 0 saturated heterocycles. The lowest BCUT2D eigenvalue weighted by molar-refractivity contribution is -0.138. The number of alkyl halides is 3. The minimum absolute atomic E-state index is 0.0913. The molecule has 108 valence electrons. The largest absolute Gasteiger partial charge is 0.416 e. The summed E-state index contributed by atoms with van der Waals surface area (Å²) in [5.41, 5.74) is 4.91. The zero-order valence-electron chi connectivity index (χ0n) is 11.3. The van der Waals surface area contributed by atoms with Gasteiger partial charge >= 0.3 is 6.18 Å². The summed E-state index contributed by atoms with van der Waals surface area (Å²) < 4.78 is 38.8. The summed E-state index contributed by atoms with van der Waals surface area (Å²) in [7, 11) is 0. The number of thioether (sulfide) groups is 1. The highest BCUT2D eigenvalue weighted by molar-refractivity contribution is 8.00. The molecular formula is C14H20F3NS. The van der Waals surface area contributed by atoms with Crippen molar-refractivity contribution in [1.82, 2.24) is 0 Å². The lowest BCUT2D eigenvalue weighted by Crippen LogP contribution is -2.12. The van der Waals surface area contributed by atoms with Crippen LogP contribution in [0.25, 0.3) is 0 Å². The smallest absolute Gasteiger partial charge is 0.326 e. The van der Waals surface area contributed by atoms with Crippen molar-refractivity contribution in [3.05, 3.63) is 29.3 Å². The highest BCUT2D eigenvalue weighted by Crippen LogP contribution is 2.36. The zero-order valence-corrected chi connectivity index (χ0v) is 12.1. The Morgan fingerprint density at radius 2 is 1.95 bits per heavy atom. The van der Waals surface area contributed by atoms with E-state index in [0.717, 1.165) is 19.3 Å². The van der Waals surface area contributed by atoms with E-state index in [-0.39, 0.29) is 12.1 Å². The van der Waals surface area contributed by atoms with E-state index in [9.17, 15) is 13.2 Å². The molecule has 0 aliphatic carbocycles. The highest BCUT2D eigenvalue weighted by atomic mass is 32.2. The summed E-state index contributed by atoms with van der Waals surface area (Å²) in [4.78, 5) is 0.671. The maximum atomic E-state index is 12.9. The molecular weight excluding hydrogens is 271 g/mol. The first-order valence-corrected chi connectivity index (χ1v) is 7.37. The SMILES string of the molecule is CCCC(CC)Sc1ccc(CN)c(C(F)(F)F)c1. The fourth-order valence-electron chi connectivity index (χ4n) is 1.93. The first-order chi connectivity index (χ1) is 8.92. The Morgan fingerprint density at radius 3 is 2.42 bits per heavy atom. The third kappa shape index (κ3) is 4.73. The molecule has 0 saturated carbocycles. The van der Waals surface area contributed by atoms with Gasteiger partial charge in [-0.2, -0.15) is 13.2 Å². The van der Waals surface area contributed by atoms with Gasteiger partial charge in [-0.15, -0.1) is 11.8 Å². The van der Waals surface area contributed by atoms with Gasteiger partial charge in [0.15, 0.2) is 0 Å². The minimum atomic E-state index is -4.34. The molecule has 5 heteroatoms. The lowest BCUT2D eigenvalue weighted by Gasteiger charge is -2.16. The Bertz CT molecular complexity index is 404. The number of nitrogens with two attached hydrogens (primary N) is 1. The van der Waals surface area contributed by atoms with Crippen LogP contribution in [0.4, 0.5) is 13.2 Å². The van der Waals surface area contributed by atoms with E-state index in [1.807, 2.05) is 0 Å². The van der Waals surface area contributed by atoms with Crippen molar-refractivity contribution in [1.29, 1.82) is 0 Å². The molecule has 0 aliphatic heterocycles. The number of rotatable bonds is 6. The van der Waals surface area contributed by atoms with Crippen LogP contribution in [0.5, 0.6) is 0 Å². The Morgan fingerprint density at radius 1 is 1.26 bits per heavy atom. The third-order valence-electron chi connectivity index (χ3n) is 2.98. The molecule has 0 aliphatic rings. The molecule has 0 bridgehead atoms. The summed E-state index contributed by atoms with van der Waals surface area (Å²) in [6.07, 6.45) is -1.32. The Labute approximate surface area is 116 Å². The fourth-order valence-corrected chi connectivity index (χ4v) is 3.17. The van der Waals surface area contributed by atoms with E-state index < -0.39 is 11.7 Å². The van der Waals surface area contributed by atoms with Crippen LogP contribution >= 0.6 is 11.8 Å². The molecule has 1 rings (SSSR count). The molecule has 1 nitrogen and oxygen atoms in total. The molecule has 0 spiro atoms. The molecule has 0 radical (unpaired) electrons. The van der Waals surface area contributed by atoms with Crippen LogP contribution in [0.3, 0.4) is 0 Å². The van der Waals surface area contributed by atoms with E-state index in [0.29, 0.717) is 10.1 Å². The van der Waals surface area contributed by atoms with Gasteiger partial charge in [0.2, 0.25) is 0 Å². The van der Waals surface area contributed by atoms with Crippen LogP contribution < -0.4 is 5.73 Å². The van der Waals surface area contributed by atoms with Gasteiger partial charge in [-0.3, -0.25) is 0 Å². The third-order valence-corrected chi connectivity index (χ3v) is 4.40. The van der Waals surface area contributed by atoms with Gasteiger partial charge in [0.1, 0.15) is 0 Å². The van der Waals surface area contributed by atoms with Gasteiger partial charge in [-0.05, 0) is 30.5 Å². The molecule has 0 aromatic heterocycles. The monoisotopic (exact) mass is 291 g/mol. The van der Waals surface area contributed by atoms with Gasteiger partial charge in [-0.1, -0.05) is 26.3 Å². The average Bonchev–Trinajstić information content (AvgIpc) is 2.37. The summed E-state index contributed by atoms with van der Waals surface area (Å²) in [6, 6.07) is 4.45. The maximum Gasteiger partial charge on any atom is 0.416 e. The van der Waals surface area contributed by atoms with Crippen LogP contribution in [-0.4, -0.2) is 5.25 Å². The maximum absolute atomic E-state index is 12.9. The van der Waals surface area contributed by atoms with Gasteiger partial charge < -0.3 is 5.73 Å². The number of halogens is 3. The first kappa shape index (κ1) is 16.4. The summed E-state index contributed by atoms with van der Waals surface area (Å²) in [6.45, 7) is 4.06. The van der Waals surface area contributed by atoms with Crippen LogP contribution in [0, 0.1) is 0 Å². The molecule has 1 aromatic rings. The normalized spacial score (nSPS) is 13.6. The number of benzene rings is 1. The van der Waals surface area contributed by atoms with Crippen LogP contribution in [-0.2, 0) is 12.7 Å². The Balaban J connectivity index is 2.98. The molecule has 2 N–H and O–H groups in total. The van der Waals surface area contributed by atoms with E-state index >= 15 is 0 Å². The standard InChI is InChI=1S/C14H20F3NS/c1-3-5-11(4-2)19-12-7-6-10(9-18)13(8-12)14(15,16)17/h6-8,11H,3-5,9,18H2,1-2H3. The van der Waals surface area contributed by atoms with E-state index in [1.165, 1.54) is 23.9 Å².